The maximum Gasteiger partial charge on any atom is 0.197 e. The first-order valence-electron chi connectivity index (χ1n) is 5.25. The summed E-state index contributed by atoms with van der Waals surface area (Å²) in [6.07, 6.45) is 1.72. The van der Waals surface area contributed by atoms with E-state index >= 15 is 0 Å². The van der Waals surface area contributed by atoms with Gasteiger partial charge in [0.05, 0.1) is 13.2 Å². The molecule has 0 unspecified atom stereocenters. The second-order valence-corrected chi connectivity index (χ2v) is 3.18. The predicted octanol–water partition coefficient (Wildman–Crippen LogP) is 3.20. The van der Waals surface area contributed by atoms with Crippen molar-refractivity contribution < 1.29 is 13.9 Å². The summed E-state index contributed by atoms with van der Waals surface area (Å²) in [4.78, 5) is 0. The van der Waals surface area contributed by atoms with Gasteiger partial charge in [0.15, 0.2) is 17.3 Å². The first-order chi connectivity index (χ1) is 7.29. The maximum atomic E-state index is 13.3. The van der Waals surface area contributed by atoms with E-state index < -0.39 is 5.82 Å². The lowest BCUT2D eigenvalue weighted by Gasteiger charge is -2.11. The van der Waals surface area contributed by atoms with Gasteiger partial charge in [-0.3, -0.25) is 0 Å². The second-order valence-electron chi connectivity index (χ2n) is 3.18. The number of hydrogen-bond acceptors (Lipinski definition) is 2. The van der Waals surface area contributed by atoms with E-state index in [1.165, 1.54) is 6.07 Å². The van der Waals surface area contributed by atoms with Crippen molar-refractivity contribution in [1.82, 2.24) is 0 Å². The van der Waals surface area contributed by atoms with E-state index in [2.05, 4.69) is 6.07 Å². The van der Waals surface area contributed by atoms with Crippen LogP contribution in [-0.4, -0.2) is 13.2 Å². The van der Waals surface area contributed by atoms with E-state index in [9.17, 15) is 4.39 Å². The fourth-order valence-electron chi connectivity index (χ4n) is 1.10. The van der Waals surface area contributed by atoms with Crippen LogP contribution in [0.15, 0.2) is 12.1 Å². The molecular weight excluding hydrogens is 195 g/mol. The van der Waals surface area contributed by atoms with E-state index in [4.69, 9.17) is 9.47 Å². The Bertz CT molecular complexity index is 300. The largest absolute Gasteiger partial charge is 0.490 e. The number of rotatable bonds is 6. The van der Waals surface area contributed by atoms with Crippen LogP contribution < -0.4 is 9.47 Å². The highest BCUT2D eigenvalue weighted by atomic mass is 19.1. The van der Waals surface area contributed by atoms with Gasteiger partial charge in [-0.1, -0.05) is 13.8 Å². The van der Waals surface area contributed by atoms with Crippen molar-refractivity contribution in [2.24, 2.45) is 0 Å². The van der Waals surface area contributed by atoms with E-state index in [1.54, 1.807) is 6.07 Å². The molecular formula is C12H16FO2. The van der Waals surface area contributed by atoms with Gasteiger partial charge in [0, 0.05) is 6.07 Å². The van der Waals surface area contributed by atoms with E-state index in [0.717, 1.165) is 12.8 Å². The molecule has 0 aliphatic carbocycles. The van der Waals surface area contributed by atoms with Crippen LogP contribution in [0, 0.1) is 11.9 Å². The zero-order valence-electron chi connectivity index (χ0n) is 9.18. The summed E-state index contributed by atoms with van der Waals surface area (Å²) in [7, 11) is 0. The molecule has 2 nitrogen and oxygen atoms in total. The summed E-state index contributed by atoms with van der Waals surface area (Å²) >= 11 is 0. The summed E-state index contributed by atoms with van der Waals surface area (Å²) in [5.74, 6) is 0.145. The molecule has 0 bridgehead atoms. The molecule has 0 N–H and O–H groups in total. The number of benzene rings is 1. The zero-order chi connectivity index (χ0) is 11.1. The van der Waals surface area contributed by atoms with Crippen molar-refractivity contribution >= 4 is 0 Å². The molecule has 83 valence electrons. The molecule has 0 saturated carbocycles. The standard InChI is InChI=1S/C12H16FO2/c1-3-8-14-11-7-5-6-10(13)12(11)15-9-4-2/h5,7H,3-4,8-9H2,1-2H3. The Balaban J connectivity index is 2.77. The van der Waals surface area contributed by atoms with Gasteiger partial charge in [-0.2, -0.15) is 0 Å². The van der Waals surface area contributed by atoms with Crippen LogP contribution in [0.5, 0.6) is 11.5 Å². The third kappa shape index (κ3) is 3.42. The Kier molecular flexibility index (Phi) is 4.95. The molecule has 0 aliphatic rings. The first kappa shape index (κ1) is 11.8. The summed E-state index contributed by atoms with van der Waals surface area (Å²) in [5, 5.41) is 0. The Morgan fingerprint density at radius 3 is 2.53 bits per heavy atom. The summed E-state index contributed by atoms with van der Waals surface area (Å²) < 4.78 is 24.0. The molecule has 15 heavy (non-hydrogen) atoms. The molecule has 0 spiro atoms. The van der Waals surface area contributed by atoms with Crippen molar-refractivity contribution in [2.75, 3.05) is 13.2 Å². The fourth-order valence-corrected chi connectivity index (χ4v) is 1.10. The molecule has 0 aromatic heterocycles. The highest BCUT2D eigenvalue weighted by Gasteiger charge is 2.10. The van der Waals surface area contributed by atoms with E-state index in [-0.39, 0.29) is 5.75 Å². The Labute approximate surface area is 90.0 Å². The molecule has 1 rings (SSSR count). The van der Waals surface area contributed by atoms with Crippen LogP contribution in [0.25, 0.3) is 0 Å². The van der Waals surface area contributed by atoms with Gasteiger partial charge in [0.2, 0.25) is 0 Å². The molecule has 1 aromatic carbocycles. The van der Waals surface area contributed by atoms with Gasteiger partial charge in [-0.25, -0.2) is 4.39 Å². The van der Waals surface area contributed by atoms with Gasteiger partial charge in [0.1, 0.15) is 0 Å². The summed E-state index contributed by atoms with van der Waals surface area (Å²) in [5.41, 5.74) is 0. The van der Waals surface area contributed by atoms with Gasteiger partial charge in [-0.05, 0) is 25.0 Å². The first-order valence-corrected chi connectivity index (χ1v) is 5.25. The summed E-state index contributed by atoms with van der Waals surface area (Å²) in [6, 6.07) is 5.62. The third-order valence-electron chi connectivity index (χ3n) is 1.78. The molecule has 0 saturated heterocycles. The molecule has 1 aromatic rings. The smallest absolute Gasteiger partial charge is 0.197 e. The molecule has 3 heteroatoms. The molecule has 0 fully saturated rings. The van der Waals surface area contributed by atoms with Crippen molar-refractivity contribution in [3.8, 4) is 11.5 Å². The number of hydrogen-bond donors (Lipinski definition) is 0. The Morgan fingerprint density at radius 2 is 1.87 bits per heavy atom. The molecule has 0 heterocycles. The summed E-state index contributed by atoms with van der Waals surface area (Å²) in [6.45, 7) is 5.01. The van der Waals surface area contributed by atoms with Crippen LogP contribution >= 0.6 is 0 Å². The predicted molar refractivity (Wildman–Crippen MR) is 56.8 cm³/mol. The molecule has 1 radical (unpaired) electrons. The average Bonchev–Trinajstić information content (AvgIpc) is 2.25. The Hall–Kier alpha value is -1.25. The average molecular weight is 211 g/mol. The van der Waals surface area contributed by atoms with Crippen molar-refractivity contribution in [3.63, 3.8) is 0 Å². The number of halogens is 1. The van der Waals surface area contributed by atoms with Crippen LogP contribution in [-0.2, 0) is 0 Å². The normalized spacial score (nSPS) is 10.1. The lowest BCUT2D eigenvalue weighted by atomic mass is 10.3. The maximum absolute atomic E-state index is 13.3. The molecule has 0 aliphatic heterocycles. The van der Waals surface area contributed by atoms with Crippen molar-refractivity contribution in [3.05, 3.63) is 24.0 Å². The molecule has 0 atom stereocenters. The Morgan fingerprint density at radius 1 is 1.20 bits per heavy atom. The number of ether oxygens (including phenoxy) is 2. The minimum Gasteiger partial charge on any atom is -0.490 e. The van der Waals surface area contributed by atoms with Gasteiger partial charge in [-0.15, -0.1) is 0 Å². The zero-order valence-corrected chi connectivity index (χ0v) is 9.18. The van der Waals surface area contributed by atoms with Crippen molar-refractivity contribution in [2.45, 2.75) is 26.7 Å². The highest BCUT2D eigenvalue weighted by Crippen LogP contribution is 2.29. The lowest BCUT2D eigenvalue weighted by molar-refractivity contribution is 0.257. The van der Waals surface area contributed by atoms with E-state index in [1.807, 2.05) is 13.8 Å². The SMILES string of the molecule is CCCOc1cc[c]c(F)c1OCCC. The van der Waals surface area contributed by atoms with Gasteiger partial charge < -0.3 is 9.47 Å². The van der Waals surface area contributed by atoms with Crippen LogP contribution in [0.1, 0.15) is 26.7 Å². The van der Waals surface area contributed by atoms with Gasteiger partial charge >= 0.3 is 0 Å². The van der Waals surface area contributed by atoms with E-state index in [0.29, 0.717) is 19.0 Å². The third-order valence-corrected chi connectivity index (χ3v) is 1.78. The highest BCUT2D eigenvalue weighted by molar-refractivity contribution is 5.40. The van der Waals surface area contributed by atoms with Crippen LogP contribution in [0.2, 0.25) is 0 Å². The lowest BCUT2D eigenvalue weighted by Crippen LogP contribution is -2.02. The fraction of sp³-hybridized carbons (Fsp3) is 0.500. The monoisotopic (exact) mass is 211 g/mol. The quantitative estimate of drug-likeness (QED) is 0.719. The van der Waals surface area contributed by atoms with Crippen molar-refractivity contribution in [1.29, 1.82) is 0 Å². The second kappa shape index (κ2) is 6.27. The minimum atomic E-state index is -0.489. The van der Waals surface area contributed by atoms with Gasteiger partial charge in [0.25, 0.3) is 0 Å². The van der Waals surface area contributed by atoms with Crippen LogP contribution in [0.4, 0.5) is 4.39 Å². The molecule has 0 amide bonds. The topological polar surface area (TPSA) is 18.5 Å². The minimum absolute atomic E-state index is 0.174. The van der Waals surface area contributed by atoms with Crippen LogP contribution in [0.3, 0.4) is 0 Å².